The van der Waals surface area contributed by atoms with Crippen LogP contribution in [-0.4, -0.2) is 27.5 Å². The zero-order valence-electron chi connectivity index (χ0n) is 15.9. The molecular formula is C21H19N3O3S2. The van der Waals surface area contributed by atoms with Crippen molar-refractivity contribution in [2.75, 3.05) is 7.11 Å². The average molecular weight is 426 g/mol. The standard InChI is InChI=1S/C21H19N3O3S2/c1-24-20(26)18(19(25)23-21(24)28)14-11-17(12-7-3-5-9-15(12)27-2)29-16-10-6-4-8-13(16)22-14/h3-10,17,26H,11H2,1-2H3,(H,23,25,28)/t17-/m0/s1. The molecule has 29 heavy (non-hydrogen) atoms. The molecule has 1 aromatic heterocycles. The number of benzene rings is 2. The maximum absolute atomic E-state index is 12.7. The van der Waals surface area contributed by atoms with Gasteiger partial charge in [-0.2, -0.15) is 0 Å². The van der Waals surface area contributed by atoms with Gasteiger partial charge in [-0.25, -0.2) is 0 Å². The van der Waals surface area contributed by atoms with Gasteiger partial charge in [0.25, 0.3) is 5.56 Å². The van der Waals surface area contributed by atoms with Crippen LogP contribution in [-0.2, 0) is 7.05 Å². The topological polar surface area (TPSA) is 79.6 Å². The average Bonchev–Trinajstić information content (AvgIpc) is 2.91. The first-order valence-electron chi connectivity index (χ1n) is 8.98. The summed E-state index contributed by atoms with van der Waals surface area (Å²) >= 11 is 6.76. The Hall–Kier alpha value is -2.84. The lowest BCUT2D eigenvalue weighted by Crippen LogP contribution is -2.23. The number of para-hydroxylation sites is 2. The van der Waals surface area contributed by atoms with Gasteiger partial charge in [0.1, 0.15) is 11.3 Å². The second-order valence-electron chi connectivity index (χ2n) is 6.60. The Morgan fingerprint density at radius 3 is 2.76 bits per heavy atom. The molecule has 3 aromatic rings. The normalized spacial score (nSPS) is 15.9. The molecule has 8 heteroatoms. The molecule has 0 fully saturated rings. The highest BCUT2D eigenvalue weighted by Crippen LogP contribution is 2.47. The molecule has 0 saturated heterocycles. The molecule has 0 bridgehead atoms. The summed E-state index contributed by atoms with van der Waals surface area (Å²) in [4.78, 5) is 21.1. The number of fused-ring (bicyclic) bond motifs is 1. The Morgan fingerprint density at radius 1 is 1.24 bits per heavy atom. The molecule has 0 saturated carbocycles. The molecule has 0 spiro atoms. The van der Waals surface area contributed by atoms with Crippen LogP contribution in [0.4, 0.5) is 5.69 Å². The van der Waals surface area contributed by atoms with E-state index in [1.54, 1.807) is 25.9 Å². The minimum absolute atomic E-state index is 0.0548. The molecular weight excluding hydrogens is 406 g/mol. The molecule has 2 heterocycles. The van der Waals surface area contributed by atoms with Crippen LogP contribution in [0.15, 0.2) is 63.2 Å². The minimum atomic E-state index is -0.451. The fraction of sp³-hybridized carbons (Fsp3) is 0.190. The Bertz CT molecular complexity index is 1230. The highest BCUT2D eigenvalue weighted by atomic mass is 32.2. The highest BCUT2D eigenvalue weighted by Gasteiger charge is 2.27. The zero-order chi connectivity index (χ0) is 20.5. The number of nitrogens with one attached hydrogen (secondary N) is 1. The first-order chi connectivity index (χ1) is 14.0. The molecule has 0 radical (unpaired) electrons. The largest absolute Gasteiger partial charge is 0.496 e. The molecule has 1 aliphatic rings. The van der Waals surface area contributed by atoms with Crippen LogP contribution in [0.25, 0.3) is 0 Å². The number of aromatic nitrogens is 2. The van der Waals surface area contributed by atoms with E-state index >= 15 is 0 Å². The molecule has 1 atom stereocenters. The lowest BCUT2D eigenvalue weighted by atomic mass is 10.0. The maximum atomic E-state index is 12.7. The summed E-state index contributed by atoms with van der Waals surface area (Å²) in [7, 11) is 3.25. The summed E-state index contributed by atoms with van der Waals surface area (Å²) in [6.07, 6.45) is 0.438. The van der Waals surface area contributed by atoms with E-state index in [0.717, 1.165) is 21.9 Å². The Balaban J connectivity index is 1.93. The number of hydrogen-bond acceptors (Lipinski definition) is 6. The van der Waals surface area contributed by atoms with Crippen molar-refractivity contribution in [1.29, 1.82) is 0 Å². The molecule has 6 nitrogen and oxygen atoms in total. The van der Waals surface area contributed by atoms with Gasteiger partial charge in [0.2, 0.25) is 5.88 Å². The number of aromatic hydroxyl groups is 1. The first-order valence-corrected chi connectivity index (χ1v) is 10.3. The smallest absolute Gasteiger partial charge is 0.264 e. The van der Waals surface area contributed by atoms with Crippen molar-refractivity contribution >= 4 is 35.4 Å². The number of rotatable bonds is 3. The van der Waals surface area contributed by atoms with Crippen LogP contribution in [0.5, 0.6) is 11.6 Å². The van der Waals surface area contributed by atoms with Crippen molar-refractivity contribution in [2.45, 2.75) is 16.6 Å². The van der Waals surface area contributed by atoms with Gasteiger partial charge in [-0.05, 0) is 30.4 Å². The Morgan fingerprint density at radius 2 is 1.97 bits per heavy atom. The molecule has 2 aromatic carbocycles. The molecule has 148 valence electrons. The van der Waals surface area contributed by atoms with Crippen LogP contribution in [0, 0.1) is 4.77 Å². The SMILES string of the molecule is COc1ccccc1[C@@H]1CC(c2c(O)n(C)c(=S)[nH]c2=O)=Nc2ccccc2S1. The van der Waals surface area contributed by atoms with Gasteiger partial charge in [-0.15, -0.1) is 11.8 Å². The molecule has 0 unspecified atom stereocenters. The van der Waals surface area contributed by atoms with E-state index < -0.39 is 5.56 Å². The lowest BCUT2D eigenvalue weighted by Gasteiger charge is -2.19. The van der Waals surface area contributed by atoms with E-state index in [9.17, 15) is 9.90 Å². The monoisotopic (exact) mass is 425 g/mol. The third kappa shape index (κ3) is 3.61. The molecule has 0 amide bonds. The fourth-order valence-corrected chi connectivity index (χ4v) is 4.78. The lowest BCUT2D eigenvalue weighted by molar-refractivity contribution is 0.409. The van der Waals surface area contributed by atoms with Gasteiger partial charge in [0, 0.05) is 29.2 Å². The molecule has 0 aliphatic carbocycles. The van der Waals surface area contributed by atoms with Crippen molar-refractivity contribution in [3.63, 3.8) is 0 Å². The quantitative estimate of drug-likeness (QED) is 0.604. The van der Waals surface area contributed by atoms with E-state index in [1.165, 1.54) is 4.57 Å². The first kappa shape index (κ1) is 19.5. The van der Waals surface area contributed by atoms with Gasteiger partial charge in [-0.3, -0.25) is 19.3 Å². The van der Waals surface area contributed by atoms with Crippen molar-refractivity contribution in [3.8, 4) is 11.6 Å². The van der Waals surface area contributed by atoms with Crippen LogP contribution < -0.4 is 10.3 Å². The summed E-state index contributed by atoms with van der Waals surface area (Å²) in [5.41, 5.74) is 1.95. The predicted octanol–water partition coefficient (Wildman–Crippen LogP) is 4.51. The van der Waals surface area contributed by atoms with Crippen LogP contribution >= 0.6 is 24.0 Å². The summed E-state index contributed by atoms with van der Waals surface area (Å²) in [5, 5.41) is 10.6. The van der Waals surface area contributed by atoms with E-state index in [2.05, 4.69) is 4.98 Å². The van der Waals surface area contributed by atoms with Gasteiger partial charge >= 0.3 is 0 Å². The third-order valence-corrected chi connectivity index (χ3v) is 6.52. The summed E-state index contributed by atoms with van der Waals surface area (Å²) in [6.45, 7) is 0. The summed E-state index contributed by atoms with van der Waals surface area (Å²) in [5.74, 6) is 0.578. The number of H-pyrrole nitrogens is 1. The number of ether oxygens (including phenoxy) is 1. The van der Waals surface area contributed by atoms with Crippen molar-refractivity contribution in [1.82, 2.24) is 9.55 Å². The molecule has 2 N–H and O–H groups in total. The predicted molar refractivity (Wildman–Crippen MR) is 117 cm³/mol. The second kappa shape index (κ2) is 7.88. The summed E-state index contributed by atoms with van der Waals surface area (Å²) < 4.78 is 7.09. The van der Waals surface area contributed by atoms with E-state index in [-0.39, 0.29) is 21.5 Å². The maximum Gasteiger partial charge on any atom is 0.264 e. The second-order valence-corrected chi connectivity index (χ2v) is 8.23. The van der Waals surface area contributed by atoms with Gasteiger partial charge in [-0.1, -0.05) is 30.3 Å². The number of aromatic amines is 1. The van der Waals surface area contributed by atoms with Crippen molar-refractivity contribution in [2.24, 2.45) is 12.0 Å². The van der Waals surface area contributed by atoms with Crippen molar-refractivity contribution < 1.29 is 9.84 Å². The van der Waals surface area contributed by atoms with Crippen LogP contribution in [0.1, 0.15) is 22.8 Å². The highest BCUT2D eigenvalue weighted by molar-refractivity contribution is 7.99. The number of thioether (sulfide) groups is 1. The third-order valence-electron chi connectivity index (χ3n) is 4.84. The van der Waals surface area contributed by atoms with Gasteiger partial charge in [0.05, 0.1) is 18.5 Å². The number of nitrogens with zero attached hydrogens (tertiary/aromatic N) is 2. The fourth-order valence-electron chi connectivity index (χ4n) is 3.34. The van der Waals surface area contributed by atoms with Gasteiger partial charge < -0.3 is 9.84 Å². The molecule has 1 aliphatic heterocycles. The minimum Gasteiger partial charge on any atom is -0.496 e. The van der Waals surface area contributed by atoms with Crippen LogP contribution in [0.2, 0.25) is 0 Å². The Labute approximate surface area is 176 Å². The zero-order valence-corrected chi connectivity index (χ0v) is 17.5. The number of aliphatic imine (C=N–C) groups is 1. The van der Waals surface area contributed by atoms with Crippen LogP contribution in [0.3, 0.4) is 0 Å². The van der Waals surface area contributed by atoms with E-state index in [4.69, 9.17) is 21.9 Å². The van der Waals surface area contributed by atoms with E-state index in [0.29, 0.717) is 12.1 Å². The summed E-state index contributed by atoms with van der Waals surface area (Å²) in [6, 6.07) is 15.6. The van der Waals surface area contributed by atoms with E-state index in [1.807, 2.05) is 48.5 Å². The van der Waals surface area contributed by atoms with Gasteiger partial charge in [0.15, 0.2) is 4.77 Å². The number of hydrogen-bond donors (Lipinski definition) is 2. The molecule has 4 rings (SSSR count). The van der Waals surface area contributed by atoms with Crippen molar-refractivity contribution in [3.05, 3.63) is 74.8 Å². The Kier molecular flexibility index (Phi) is 5.29. The number of methoxy groups -OCH3 is 1.